The zero-order valence-corrected chi connectivity index (χ0v) is 6.88. The number of aliphatic carboxylic acids is 1. The summed E-state index contributed by atoms with van der Waals surface area (Å²) >= 11 is 0. The van der Waals surface area contributed by atoms with Gasteiger partial charge in [0, 0.05) is 6.04 Å². The van der Waals surface area contributed by atoms with Crippen molar-refractivity contribution in [2.75, 3.05) is 0 Å². The fourth-order valence-corrected chi connectivity index (χ4v) is 2.28. The van der Waals surface area contributed by atoms with Gasteiger partial charge >= 0.3 is 5.97 Å². The maximum Gasteiger partial charge on any atom is 0.307 e. The third-order valence-corrected chi connectivity index (χ3v) is 2.84. The second-order valence-electron chi connectivity index (χ2n) is 3.35. The minimum absolute atomic E-state index is 0. The minimum Gasteiger partial charge on any atom is -0.481 e. The third-order valence-electron chi connectivity index (χ3n) is 2.84. The largest absolute Gasteiger partial charge is 0.481 e. The van der Waals surface area contributed by atoms with Crippen LogP contribution < -0.4 is 5.73 Å². The van der Waals surface area contributed by atoms with E-state index in [0.717, 1.165) is 12.8 Å². The standard InChI is InChI=1S/C7H11NO2.ClH/c8-4-2-1-3-5(4)6(3)7(9)10;/h3-6H,1-2,8H2,(H,9,10);1H/t3-,4-,5-,6+;/m1./s1. The number of fused-ring (bicyclic) bond motifs is 1. The second-order valence-corrected chi connectivity index (χ2v) is 3.35. The highest BCUT2D eigenvalue weighted by Crippen LogP contribution is 2.56. The number of carbonyl (C=O) groups is 1. The predicted octanol–water partition coefficient (Wildman–Crippen LogP) is 0.476. The molecule has 11 heavy (non-hydrogen) atoms. The number of hydrogen-bond donors (Lipinski definition) is 2. The first-order valence-electron chi connectivity index (χ1n) is 3.70. The van der Waals surface area contributed by atoms with Crippen molar-refractivity contribution in [1.29, 1.82) is 0 Å². The Kier molecular flexibility index (Phi) is 2.12. The van der Waals surface area contributed by atoms with Crippen LogP contribution in [0.1, 0.15) is 12.8 Å². The van der Waals surface area contributed by atoms with E-state index in [1.165, 1.54) is 0 Å². The van der Waals surface area contributed by atoms with Crippen molar-refractivity contribution in [3.05, 3.63) is 0 Å². The summed E-state index contributed by atoms with van der Waals surface area (Å²) in [4.78, 5) is 10.5. The summed E-state index contributed by atoms with van der Waals surface area (Å²) in [6, 6.07) is 0.172. The van der Waals surface area contributed by atoms with Crippen LogP contribution in [0.5, 0.6) is 0 Å². The highest BCUT2D eigenvalue weighted by Gasteiger charge is 2.60. The van der Waals surface area contributed by atoms with Crippen LogP contribution in [0.3, 0.4) is 0 Å². The smallest absolute Gasteiger partial charge is 0.307 e. The number of hydrogen-bond acceptors (Lipinski definition) is 2. The molecule has 2 fully saturated rings. The molecule has 2 saturated carbocycles. The maximum absolute atomic E-state index is 10.5. The lowest BCUT2D eigenvalue weighted by Gasteiger charge is -2.03. The summed E-state index contributed by atoms with van der Waals surface area (Å²) in [6.45, 7) is 0. The van der Waals surface area contributed by atoms with Gasteiger partial charge in [-0.15, -0.1) is 12.4 Å². The van der Waals surface area contributed by atoms with Gasteiger partial charge in [0.1, 0.15) is 0 Å². The Morgan fingerprint density at radius 3 is 2.36 bits per heavy atom. The van der Waals surface area contributed by atoms with E-state index in [2.05, 4.69) is 0 Å². The van der Waals surface area contributed by atoms with E-state index in [1.54, 1.807) is 0 Å². The summed E-state index contributed by atoms with van der Waals surface area (Å²) in [5.74, 6) is -0.00102. The zero-order valence-electron chi connectivity index (χ0n) is 6.06. The molecule has 0 radical (unpaired) electrons. The predicted molar refractivity (Wildman–Crippen MR) is 42.6 cm³/mol. The lowest BCUT2D eigenvalue weighted by atomic mass is 10.1. The normalized spacial score (nSPS) is 45.9. The van der Waals surface area contributed by atoms with Crippen LogP contribution in [-0.4, -0.2) is 17.1 Å². The van der Waals surface area contributed by atoms with Crippen LogP contribution in [0, 0.1) is 17.8 Å². The molecule has 0 amide bonds. The summed E-state index contributed by atoms with van der Waals surface area (Å²) < 4.78 is 0. The van der Waals surface area contributed by atoms with Crippen LogP contribution in [0.4, 0.5) is 0 Å². The molecule has 0 unspecified atom stereocenters. The maximum atomic E-state index is 10.5. The molecule has 0 aromatic rings. The van der Waals surface area contributed by atoms with Gasteiger partial charge in [0.05, 0.1) is 5.92 Å². The van der Waals surface area contributed by atoms with E-state index in [4.69, 9.17) is 10.8 Å². The Morgan fingerprint density at radius 2 is 2.09 bits per heavy atom. The third kappa shape index (κ3) is 1.12. The van der Waals surface area contributed by atoms with Gasteiger partial charge in [-0.1, -0.05) is 0 Å². The van der Waals surface area contributed by atoms with Gasteiger partial charge in [-0.25, -0.2) is 0 Å². The molecule has 0 heterocycles. The van der Waals surface area contributed by atoms with Gasteiger partial charge in [-0.05, 0) is 24.7 Å². The van der Waals surface area contributed by atoms with Crippen LogP contribution in [-0.2, 0) is 4.79 Å². The molecule has 3 nitrogen and oxygen atoms in total. The Balaban J connectivity index is 0.000000605. The van der Waals surface area contributed by atoms with Crippen molar-refractivity contribution in [3.8, 4) is 0 Å². The van der Waals surface area contributed by atoms with E-state index in [0.29, 0.717) is 11.8 Å². The van der Waals surface area contributed by atoms with Crippen LogP contribution in [0.2, 0.25) is 0 Å². The molecule has 4 heteroatoms. The molecule has 2 aliphatic carbocycles. The van der Waals surface area contributed by atoms with E-state index < -0.39 is 5.97 Å². The summed E-state index contributed by atoms with van der Waals surface area (Å²) in [5, 5.41) is 8.62. The molecular formula is C7H12ClNO2. The molecule has 0 aliphatic heterocycles. The van der Waals surface area contributed by atoms with E-state index in [-0.39, 0.29) is 24.4 Å². The topological polar surface area (TPSA) is 63.3 Å². The summed E-state index contributed by atoms with van der Waals surface area (Å²) in [5.41, 5.74) is 5.68. The molecule has 0 aromatic carbocycles. The molecule has 0 aromatic heterocycles. The highest BCUT2D eigenvalue weighted by molar-refractivity contribution is 5.85. The lowest BCUT2D eigenvalue weighted by molar-refractivity contribution is -0.139. The zero-order chi connectivity index (χ0) is 7.30. The van der Waals surface area contributed by atoms with Crippen molar-refractivity contribution in [2.24, 2.45) is 23.5 Å². The molecule has 4 atom stereocenters. The van der Waals surface area contributed by atoms with Gasteiger partial charge < -0.3 is 10.8 Å². The molecule has 0 saturated heterocycles. The van der Waals surface area contributed by atoms with Gasteiger partial charge in [-0.2, -0.15) is 0 Å². The number of carboxylic acid groups (broad SMARTS) is 1. The van der Waals surface area contributed by atoms with Crippen molar-refractivity contribution in [2.45, 2.75) is 18.9 Å². The highest BCUT2D eigenvalue weighted by atomic mass is 35.5. The Labute approximate surface area is 71.4 Å². The van der Waals surface area contributed by atoms with Crippen LogP contribution in [0.25, 0.3) is 0 Å². The SMILES string of the molecule is Cl.N[C@@H]1CC[C@H]2[C@H](C(=O)O)[C@H]21. The second kappa shape index (κ2) is 2.64. The average Bonchev–Trinajstić information content (AvgIpc) is 2.48. The van der Waals surface area contributed by atoms with Crippen molar-refractivity contribution in [3.63, 3.8) is 0 Å². The quantitative estimate of drug-likeness (QED) is 0.612. The Bertz CT molecular complexity index is 185. The molecule has 0 spiro atoms. The fraction of sp³-hybridized carbons (Fsp3) is 0.857. The summed E-state index contributed by atoms with van der Waals surface area (Å²) in [6.07, 6.45) is 2.06. The van der Waals surface area contributed by atoms with Gasteiger partial charge in [0.15, 0.2) is 0 Å². The Hall–Kier alpha value is -0.280. The molecular weight excluding hydrogens is 166 g/mol. The number of rotatable bonds is 1. The molecule has 2 rings (SSSR count). The summed E-state index contributed by atoms with van der Waals surface area (Å²) in [7, 11) is 0. The van der Waals surface area contributed by atoms with Crippen molar-refractivity contribution >= 4 is 18.4 Å². The van der Waals surface area contributed by atoms with E-state index in [1.807, 2.05) is 0 Å². The first-order valence-corrected chi connectivity index (χ1v) is 3.70. The molecule has 0 bridgehead atoms. The Morgan fingerprint density at radius 1 is 1.45 bits per heavy atom. The van der Waals surface area contributed by atoms with Gasteiger partial charge in [-0.3, -0.25) is 4.79 Å². The van der Waals surface area contributed by atoms with Gasteiger partial charge in [0.2, 0.25) is 0 Å². The number of nitrogens with two attached hydrogens (primary N) is 1. The molecule has 2 aliphatic rings. The van der Waals surface area contributed by atoms with E-state index >= 15 is 0 Å². The monoisotopic (exact) mass is 177 g/mol. The van der Waals surface area contributed by atoms with E-state index in [9.17, 15) is 4.79 Å². The number of carboxylic acids is 1. The first kappa shape index (κ1) is 8.81. The van der Waals surface area contributed by atoms with Crippen LogP contribution >= 0.6 is 12.4 Å². The fourth-order valence-electron chi connectivity index (χ4n) is 2.28. The van der Waals surface area contributed by atoms with Crippen molar-refractivity contribution < 1.29 is 9.90 Å². The first-order chi connectivity index (χ1) is 4.72. The molecule has 3 N–H and O–H groups in total. The van der Waals surface area contributed by atoms with Crippen molar-refractivity contribution in [1.82, 2.24) is 0 Å². The average molecular weight is 178 g/mol. The van der Waals surface area contributed by atoms with Crippen LogP contribution in [0.15, 0.2) is 0 Å². The van der Waals surface area contributed by atoms with Gasteiger partial charge in [0.25, 0.3) is 0 Å². The molecule has 64 valence electrons. The lowest BCUT2D eigenvalue weighted by Crippen LogP contribution is -2.22. The minimum atomic E-state index is -0.648. The number of halogens is 1.